The molecule has 0 unspecified atom stereocenters. The van der Waals surface area contributed by atoms with E-state index >= 15 is 4.39 Å². The molecule has 0 aromatic heterocycles. The number of rotatable bonds is 4. The maximum atomic E-state index is 15.5. The molecule has 0 aromatic rings. The Balaban J connectivity index is 1.85. The first-order valence-electron chi connectivity index (χ1n) is 11.7. The number of halogens is 3. The summed E-state index contributed by atoms with van der Waals surface area (Å²) in [7, 11) is 0. The zero-order valence-electron chi connectivity index (χ0n) is 19.4. The van der Waals surface area contributed by atoms with Crippen LogP contribution < -0.4 is 0 Å². The lowest BCUT2D eigenvalue weighted by atomic mass is 9.45. The normalized spacial score (nSPS) is 46.5. The Labute approximate surface area is 197 Å². The first kappa shape index (κ1) is 24.5. The average molecular weight is 485 g/mol. The van der Waals surface area contributed by atoms with Gasteiger partial charge in [-0.05, 0) is 37.2 Å². The fourth-order valence-corrected chi connectivity index (χ4v) is 8.17. The Kier molecular flexibility index (Phi) is 5.93. The smallest absolute Gasteiger partial charge is 0.306 e. The molecular formula is C25H31ClF2O5. The number of Topliss-reactive ketones (excluding diaryl/α,β-unsaturated/α-hetero) is 1. The van der Waals surface area contributed by atoms with Gasteiger partial charge in [0.05, 0.1) is 12.0 Å². The first-order valence-corrected chi connectivity index (χ1v) is 12.2. The molecular weight excluding hydrogens is 454 g/mol. The van der Waals surface area contributed by atoms with E-state index in [1.807, 2.05) is 13.8 Å². The molecule has 0 saturated heterocycles. The Morgan fingerprint density at radius 3 is 2.58 bits per heavy atom. The number of aliphatic hydroxyl groups is 1. The molecule has 182 valence electrons. The second-order valence-electron chi connectivity index (χ2n) is 10.7. The number of hydrogen-bond donors (Lipinski definition) is 1. The van der Waals surface area contributed by atoms with Crippen molar-refractivity contribution in [2.75, 3.05) is 5.88 Å². The molecule has 0 bridgehead atoms. The summed E-state index contributed by atoms with van der Waals surface area (Å²) in [5.74, 6) is -4.81. The van der Waals surface area contributed by atoms with Crippen molar-refractivity contribution < 1.29 is 33.0 Å². The van der Waals surface area contributed by atoms with E-state index in [1.165, 1.54) is 6.08 Å². The van der Waals surface area contributed by atoms with Crippen molar-refractivity contribution in [3.8, 4) is 0 Å². The van der Waals surface area contributed by atoms with Gasteiger partial charge in [0, 0.05) is 34.7 Å². The molecule has 0 spiro atoms. The molecule has 8 heteroatoms. The number of allylic oxidation sites excluding steroid dienone is 4. The lowest BCUT2D eigenvalue weighted by Gasteiger charge is -2.60. The van der Waals surface area contributed by atoms with Crippen LogP contribution in [0.2, 0.25) is 0 Å². The van der Waals surface area contributed by atoms with Gasteiger partial charge < -0.3 is 9.84 Å². The van der Waals surface area contributed by atoms with E-state index in [-0.39, 0.29) is 42.6 Å². The quantitative estimate of drug-likeness (QED) is 0.476. The number of fused-ring (bicyclic) bond motifs is 5. The Bertz CT molecular complexity index is 962. The molecule has 4 aliphatic rings. The monoisotopic (exact) mass is 484 g/mol. The average Bonchev–Trinajstić information content (AvgIpc) is 2.97. The van der Waals surface area contributed by atoms with Crippen LogP contribution in [0.3, 0.4) is 0 Å². The minimum absolute atomic E-state index is 0.0684. The number of aliphatic hydroxyl groups excluding tert-OH is 1. The van der Waals surface area contributed by atoms with Crippen molar-refractivity contribution in [2.45, 2.75) is 71.3 Å². The minimum Gasteiger partial charge on any atom is -0.450 e. The van der Waals surface area contributed by atoms with E-state index in [0.29, 0.717) is 6.42 Å². The molecule has 3 fully saturated rings. The molecule has 0 amide bonds. The highest BCUT2D eigenvalue weighted by Gasteiger charge is 2.73. The van der Waals surface area contributed by atoms with E-state index in [2.05, 4.69) is 0 Å². The second-order valence-corrected chi connectivity index (χ2v) is 10.9. The van der Waals surface area contributed by atoms with Gasteiger partial charge in [-0.2, -0.15) is 0 Å². The third kappa shape index (κ3) is 3.07. The van der Waals surface area contributed by atoms with Crippen LogP contribution in [-0.4, -0.2) is 46.4 Å². The standard InChI is InChI=1S/C25H31ClF2O5/c1-5-19(32)33-25(18(31)11-26)12(2)8-14-13-9-15(27)21-22(28)16(29)6-7-23(21,3)20(13)17(30)10-24(14,25)4/h6-7,12-15,17,20,30H,5,8-11H2,1-4H3/t12-,13+,14+,15+,17+,20-,23-,24+,25+/m1/s1. The summed E-state index contributed by atoms with van der Waals surface area (Å²) in [5.41, 5.74) is -3.84. The molecule has 0 aliphatic heterocycles. The fraction of sp³-hybridized carbons (Fsp3) is 0.720. The summed E-state index contributed by atoms with van der Waals surface area (Å²) in [4.78, 5) is 37.7. The molecule has 0 aromatic carbocycles. The predicted molar refractivity (Wildman–Crippen MR) is 118 cm³/mol. The number of alkyl halides is 2. The van der Waals surface area contributed by atoms with Gasteiger partial charge in [-0.1, -0.05) is 33.8 Å². The predicted octanol–water partition coefficient (Wildman–Crippen LogP) is 4.26. The summed E-state index contributed by atoms with van der Waals surface area (Å²) < 4.78 is 36.2. The molecule has 0 radical (unpaired) electrons. The Morgan fingerprint density at radius 2 is 1.97 bits per heavy atom. The minimum atomic E-state index is -1.69. The van der Waals surface area contributed by atoms with E-state index < -0.39 is 63.9 Å². The summed E-state index contributed by atoms with van der Waals surface area (Å²) in [6, 6.07) is 0. The van der Waals surface area contributed by atoms with Crippen molar-refractivity contribution in [1.29, 1.82) is 0 Å². The van der Waals surface area contributed by atoms with Crippen molar-refractivity contribution in [3.05, 3.63) is 23.6 Å². The van der Waals surface area contributed by atoms with Crippen molar-refractivity contribution in [3.63, 3.8) is 0 Å². The van der Waals surface area contributed by atoms with Crippen LogP contribution in [0.15, 0.2) is 23.6 Å². The van der Waals surface area contributed by atoms with Gasteiger partial charge >= 0.3 is 5.97 Å². The zero-order valence-corrected chi connectivity index (χ0v) is 20.1. The van der Waals surface area contributed by atoms with Gasteiger partial charge in [0.25, 0.3) is 0 Å². The van der Waals surface area contributed by atoms with Crippen LogP contribution in [-0.2, 0) is 19.1 Å². The van der Waals surface area contributed by atoms with E-state index in [4.69, 9.17) is 16.3 Å². The number of ether oxygens (including phenoxy) is 1. The van der Waals surface area contributed by atoms with Crippen LogP contribution in [0.5, 0.6) is 0 Å². The third-order valence-corrected chi connectivity index (χ3v) is 9.43. The van der Waals surface area contributed by atoms with Crippen LogP contribution >= 0.6 is 11.6 Å². The summed E-state index contributed by atoms with van der Waals surface area (Å²) in [5, 5.41) is 11.5. The number of carbonyl (C=O) groups excluding carboxylic acids is 3. The topological polar surface area (TPSA) is 80.7 Å². The highest BCUT2D eigenvalue weighted by atomic mass is 35.5. The van der Waals surface area contributed by atoms with E-state index in [9.17, 15) is 23.9 Å². The summed E-state index contributed by atoms with van der Waals surface area (Å²) in [6.45, 7) is 6.98. The molecule has 5 nitrogen and oxygen atoms in total. The van der Waals surface area contributed by atoms with Crippen LogP contribution in [0.1, 0.15) is 53.4 Å². The third-order valence-electron chi connectivity index (χ3n) is 9.19. The second kappa shape index (κ2) is 7.98. The lowest BCUT2D eigenvalue weighted by molar-refractivity contribution is -0.204. The summed E-state index contributed by atoms with van der Waals surface area (Å²) in [6.07, 6.45) is 0.543. The van der Waals surface area contributed by atoms with E-state index in [0.717, 1.165) is 6.08 Å². The van der Waals surface area contributed by atoms with Crippen LogP contribution in [0, 0.1) is 34.5 Å². The largest absolute Gasteiger partial charge is 0.450 e. The molecule has 4 rings (SSSR count). The number of esters is 1. The summed E-state index contributed by atoms with van der Waals surface area (Å²) >= 11 is 5.99. The molecule has 1 N–H and O–H groups in total. The maximum Gasteiger partial charge on any atom is 0.306 e. The number of hydrogen-bond acceptors (Lipinski definition) is 5. The van der Waals surface area contributed by atoms with Gasteiger partial charge in [0.15, 0.2) is 17.2 Å². The lowest BCUT2D eigenvalue weighted by Crippen LogP contribution is -2.64. The maximum absolute atomic E-state index is 15.5. The van der Waals surface area contributed by atoms with Crippen LogP contribution in [0.4, 0.5) is 8.78 Å². The van der Waals surface area contributed by atoms with Crippen LogP contribution in [0.25, 0.3) is 0 Å². The van der Waals surface area contributed by atoms with Crippen molar-refractivity contribution in [1.82, 2.24) is 0 Å². The van der Waals surface area contributed by atoms with Gasteiger partial charge in [0.1, 0.15) is 6.17 Å². The highest BCUT2D eigenvalue weighted by molar-refractivity contribution is 6.29. The molecule has 9 atom stereocenters. The van der Waals surface area contributed by atoms with Gasteiger partial charge in [0.2, 0.25) is 5.78 Å². The fourth-order valence-electron chi connectivity index (χ4n) is 7.97. The van der Waals surface area contributed by atoms with Gasteiger partial charge in [-0.3, -0.25) is 14.4 Å². The van der Waals surface area contributed by atoms with Crippen molar-refractivity contribution >= 4 is 29.1 Å². The molecule has 4 aliphatic carbocycles. The molecule has 0 heterocycles. The Hall–Kier alpha value is -1.60. The number of ketones is 2. The van der Waals surface area contributed by atoms with Crippen molar-refractivity contribution in [2.24, 2.45) is 34.5 Å². The van der Waals surface area contributed by atoms with Gasteiger partial charge in [-0.15, -0.1) is 11.6 Å². The Morgan fingerprint density at radius 1 is 1.30 bits per heavy atom. The number of carbonyl (C=O) groups is 3. The van der Waals surface area contributed by atoms with E-state index in [1.54, 1.807) is 13.8 Å². The van der Waals surface area contributed by atoms with Gasteiger partial charge in [-0.25, -0.2) is 8.78 Å². The first-order chi connectivity index (χ1) is 15.4. The molecule has 33 heavy (non-hydrogen) atoms. The molecule has 3 saturated carbocycles. The zero-order chi connectivity index (χ0) is 24.5. The highest BCUT2D eigenvalue weighted by Crippen LogP contribution is 2.69. The SMILES string of the molecule is CCC(=O)O[C@]1(C(=O)CCl)[C@H](C)C[C@H]2[C@@H]3C[C@H](F)C4=C(F)C(=O)C=C[C@]4(C)[C@H]3[C@@H](O)C[C@@]21C.